The van der Waals surface area contributed by atoms with E-state index in [-0.39, 0.29) is 0 Å². The molecule has 1 heterocycles. The number of nitrogens with zero attached hydrogens (tertiary/aromatic N) is 1. The average Bonchev–Trinajstić information content (AvgIpc) is 2.18. The lowest BCUT2D eigenvalue weighted by molar-refractivity contribution is 0.169. The van der Waals surface area contributed by atoms with Gasteiger partial charge >= 0.3 is 0 Å². The summed E-state index contributed by atoms with van der Waals surface area (Å²) in [5.74, 6) is 0.819. The van der Waals surface area contributed by atoms with Gasteiger partial charge in [-0.3, -0.25) is 0 Å². The first kappa shape index (κ1) is 11.0. The normalized spacial score (nSPS) is 27.5. The lowest BCUT2D eigenvalue weighted by atomic mass is 9.97. The number of nitrogens with one attached hydrogen (secondary N) is 1. The van der Waals surface area contributed by atoms with E-state index in [1.807, 2.05) is 0 Å². The van der Waals surface area contributed by atoms with Crippen LogP contribution in [0.1, 0.15) is 33.6 Å². The minimum absolute atomic E-state index is 0.727. The molecule has 1 fully saturated rings. The van der Waals surface area contributed by atoms with E-state index in [1.54, 1.807) is 0 Å². The van der Waals surface area contributed by atoms with Gasteiger partial charge in [0.25, 0.3) is 0 Å². The van der Waals surface area contributed by atoms with Crippen LogP contribution in [0.25, 0.3) is 0 Å². The summed E-state index contributed by atoms with van der Waals surface area (Å²) in [6, 6.07) is 0.727. The van der Waals surface area contributed by atoms with Gasteiger partial charge in [0.1, 0.15) is 0 Å². The average molecular weight is 184 g/mol. The summed E-state index contributed by atoms with van der Waals surface area (Å²) >= 11 is 0. The van der Waals surface area contributed by atoms with E-state index < -0.39 is 0 Å². The highest BCUT2D eigenvalue weighted by Crippen LogP contribution is 2.12. The molecule has 0 aromatic rings. The van der Waals surface area contributed by atoms with E-state index in [1.165, 1.54) is 39.0 Å². The van der Waals surface area contributed by atoms with Crippen molar-refractivity contribution in [3.05, 3.63) is 0 Å². The molecule has 0 amide bonds. The topological polar surface area (TPSA) is 15.3 Å². The van der Waals surface area contributed by atoms with Crippen LogP contribution in [0.3, 0.4) is 0 Å². The Balaban J connectivity index is 2.32. The van der Waals surface area contributed by atoms with Crippen LogP contribution < -0.4 is 5.32 Å². The highest BCUT2D eigenvalue weighted by atomic mass is 15.2. The van der Waals surface area contributed by atoms with Crippen molar-refractivity contribution in [2.75, 3.05) is 26.2 Å². The zero-order chi connectivity index (χ0) is 9.68. The summed E-state index contributed by atoms with van der Waals surface area (Å²) in [6.07, 6.45) is 2.57. The Hall–Kier alpha value is -0.0800. The van der Waals surface area contributed by atoms with Crippen molar-refractivity contribution in [3.8, 4) is 0 Å². The van der Waals surface area contributed by atoms with Crippen LogP contribution in [0.2, 0.25) is 0 Å². The Morgan fingerprint density at radius 1 is 1.46 bits per heavy atom. The first-order valence-electron chi connectivity index (χ1n) is 5.73. The van der Waals surface area contributed by atoms with Crippen LogP contribution >= 0.6 is 0 Å². The molecule has 1 rings (SSSR count). The molecule has 2 heteroatoms. The molecule has 0 saturated carbocycles. The molecule has 2 atom stereocenters. The molecule has 0 radical (unpaired) electrons. The highest BCUT2D eigenvalue weighted by Gasteiger charge is 2.22. The number of hydrogen-bond donors (Lipinski definition) is 1. The number of rotatable bonds is 4. The largest absolute Gasteiger partial charge is 0.311 e. The Bertz CT molecular complexity index is 134. The zero-order valence-corrected chi connectivity index (χ0v) is 9.34. The molecular weight excluding hydrogens is 160 g/mol. The minimum atomic E-state index is 0.727. The van der Waals surface area contributed by atoms with Gasteiger partial charge in [-0.25, -0.2) is 0 Å². The molecule has 2 unspecified atom stereocenters. The SMILES string of the molecule is CCCN1CCNC(C(C)CC)C1. The van der Waals surface area contributed by atoms with Gasteiger partial charge in [0.2, 0.25) is 0 Å². The lowest BCUT2D eigenvalue weighted by Crippen LogP contribution is -2.53. The van der Waals surface area contributed by atoms with Gasteiger partial charge in [-0.2, -0.15) is 0 Å². The summed E-state index contributed by atoms with van der Waals surface area (Å²) in [5.41, 5.74) is 0. The molecule has 1 aliphatic rings. The fourth-order valence-corrected chi connectivity index (χ4v) is 2.03. The zero-order valence-electron chi connectivity index (χ0n) is 9.34. The summed E-state index contributed by atoms with van der Waals surface area (Å²) in [4.78, 5) is 2.59. The standard InChI is InChI=1S/C11H24N2/c1-4-7-13-8-6-12-11(9-13)10(3)5-2/h10-12H,4-9H2,1-3H3. The fourth-order valence-electron chi connectivity index (χ4n) is 2.03. The van der Waals surface area contributed by atoms with Crippen molar-refractivity contribution in [1.29, 1.82) is 0 Å². The number of piperazine rings is 1. The Kier molecular flexibility index (Phi) is 4.74. The smallest absolute Gasteiger partial charge is 0.0221 e. The molecule has 13 heavy (non-hydrogen) atoms. The molecule has 2 nitrogen and oxygen atoms in total. The molecular formula is C11H24N2. The summed E-state index contributed by atoms with van der Waals surface area (Å²) in [5, 5.41) is 3.62. The van der Waals surface area contributed by atoms with E-state index >= 15 is 0 Å². The Morgan fingerprint density at radius 3 is 2.85 bits per heavy atom. The third-order valence-electron chi connectivity index (χ3n) is 3.16. The summed E-state index contributed by atoms with van der Waals surface area (Å²) in [6.45, 7) is 11.8. The van der Waals surface area contributed by atoms with E-state index in [0.29, 0.717) is 0 Å². The minimum Gasteiger partial charge on any atom is -0.311 e. The van der Waals surface area contributed by atoms with Gasteiger partial charge in [0.15, 0.2) is 0 Å². The van der Waals surface area contributed by atoms with Gasteiger partial charge in [0, 0.05) is 25.7 Å². The van der Waals surface area contributed by atoms with Gasteiger partial charge in [-0.05, 0) is 18.9 Å². The third kappa shape index (κ3) is 3.28. The molecule has 78 valence electrons. The highest BCUT2D eigenvalue weighted by molar-refractivity contribution is 4.81. The van der Waals surface area contributed by atoms with E-state index in [0.717, 1.165) is 12.0 Å². The molecule has 1 N–H and O–H groups in total. The maximum atomic E-state index is 3.62. The van der Waals surface area contributed by atoms with Gasteiger partial charge in [0.05, 0.1) is 0 Å². The predicted molar refractivity (Wildman–Crippen MR) is 58.0 cm³/mol. The quantitative estimate of drug-likeness (QED) is 0.715. The second kappa shape index (κ2) is 5.61. The first-order chi connectivity index (χ1) is 6.27. The third-order valence-corrected chi connectivity index (χ3v) is 3.16. The van der Waals surface area contributed by atoms with E-state index in [9.17, 15) is 0 Å². The van der Waals surface area contributed by atoms with E-state index in [4.69, 9.17) is 0 Å². The molecule has 0 aromatic heterocycles. The van der Waals surface area contributed by atoms with Crippen molar-refractivity contribution >= 4 is 0 Å². The van der Waals surface area contributed by atoms with E-state index in [2.05, 4.69) is 31.0 Å². The maximum absolute atomic E-state index is 3.62. The fraction of sp³-hybridized carbons (Fsp3) is 1.00. The van der Waals surface area contributed by atoms with Crippen LogP contribution in [0.5, 0.6) is 0 Å². The van der Waals surface area contributed by atoms with Crippen LogP contribution in [0, 0.1) is 5.92 Å². The summed E-state index contributed by atoms with van der Waals surface area (Å²) in [7, 11) is 0. The molecule has 0 bridgehead atoms. The van der Waals surface area contributed by atoms with Crippen LogP contribution in [0.15, 0.2) is 0 Å². The Labute approximate surface area is 82.7 Å². The molecule has 1 saturated heterocycles. The van der Waals surface area contributed by atoms with Crippen LogP contribution in [-0.2, 0) is 0 Å². The molecule has 1 aliphatic heterocycles. The second-order valence-corrected chi connectivity index (χ2v) is 4.25. The Morgan fingerprint density at radius 2 is 2.23 bits per heavy atom. The van der Waals surface area contributed by atoms with Crippen LogP contribution in [-0.4, -0.2) is 37.1 Å². The van der Waals surface area contributed by atoms with Crippen molar-refractivity contribution < 1.29 is 0 Å². The van der Waals surface area contributed by atoms with Crippen LogP contribution in [0.4, 0.5) is 0 Å². The second-order valence-electron chi connectivity index (χ2n) is 4.25. The summed E-state index contributed by atoms with van der Waals surface area (Å²) < 4.78 is 0. The molecule has 0 aliphatic carbocycles. The number of hydrogen-bond acceptors (Lipinski definition) is 2. The lowest BCUT2D eigenvalue weighted by Gasteiger charge is -2.36. The first-order valence-corrected chi connectivity index (χ1v) is 5.73. The van der Waals surface area contributed by atoms with Crippen molar-refractivity contribution in [2.24, 2.45) is 5.92 Å². The monoisotopic (exact) mass is 184 g/mol. The predicted octanol–water partition coefficient (Wildman–Crippen LogP) is 1.72. The van der Waals surface area contributed by atoms with Crippen molar-refractivity contribution in [2.45, 2.75) is 39.7 Å². The maximum Gasteiger partial charge on any atom is 0.0221 e. The van der Waals surface area contributed by atoms with Crippen molar-refractivity contribution in [1.82, 2.24) is 10.2 Å². The van der Waals surface area contributed by atoms with Gasteiger partial charge < -0.3 is 10.2 Å². The molecule has 0 aromatic carbocycles. The molecule has 0 spiro atoms. The van der Waals surface area contributed by atoms with Gasteiger partial charge in [-0.1, -0.05) is 27.2 Å². The van der Waals surface area contributed by atoms with Gasteiger partial charge in [-0.15, -0.1) is 0 Å². The van der Waals surface area contributed by atoms with Crippen molar-refractivity contribution in [3.63, 3.8) is 0 Å².